The lowest BCUT2D eigenvalue weighted by molar-refractivity contribution is -0.133. The van der Waals surface area contributed by atoms with Crippen LogP contribution in [0.5, 0.6) is 0 Å². The number of benzene rings is 1. The van der Waals surface area contributed by atoms with Gasteiger partial charge in [-0.05, 0) is 38.0 Å². The molecular formula is C21H26N2O5. The number of furan rings is 1. The van der Waals surface area contributed by atoms with Gasteiger partial charge in [-0.15, -0.1) is 0 Å². The highest BCUT2D eigenvalue weighted by molar-refractivity contribution is 5.97. The van der Waals surface area contributed by atoms with Crippen LogP contribution < -0.4 is 5.32 Å². The maximum absolute atomic E-state index is 12.9. The standard InChI is InChI=1S/C21H26N2O5/c1-12(2)18(22-19(24)15-8-6-7-13(3)9-15)20(25)23(5)11-16-10-17(21(26)27)14(4)28-16/h6-10,12,18H,11H2,1-5H3,(H,22,24)(H,26,27). The Morgan fingerprint density at radius 1 is 1.18 bits per heavy atom. The zero-order valence-corrected chi connectivity index (χ0v) is 16.8. The molecule has 0 saturated heterocycles. The average Bonchev–Trinajstić information content (AvgIpc) is 2.99. The molecule has 0 spiro atoms. The largest absolute Gasteiger partial charge is 0.478 e. The van der Waals surface area contributed by atoms with Crippen molar-refractivity contribution in [2.24, 2.45) is 5.92 Å². The van der Waals surface area contributed by atoms with Crippen molar-refractivity contribution >= 4 is 17.8 Å². The van der Waals surface area contributed by atoms with Crippen molar-refractivity contribution in [3.05, 3.63) is 58.5 Å². The number of rotatable bonds is 7. The summed E-state index contributed by atoms with van der Waals surface area (Å²) in [6.45, 7) is 7.27. The number of carbonyl (C=O) groups excluding carboxylic acids is 2. The van der Waals surface area contributed by atoms with Crippen molar-refractivity contribution in [1.29, 1.82) is 0 Å². The first-order valence-electron chi connectivity index (χ1n) is 9.05. The number of hydrogen-bond acceptors (Lipinski definition) is 4. The number of nitrogens with zero attached hydrogens (tertiary/aromatic N) is 1. The smallest absolute Gasteiger partial charge is 0.339 e. The molecule has 2 rings (SSSR count). The average molecular weight is 386 g/mol. The lowest BCUT2D eigenvalue weighted by Crippen LogP contribution is -2.50. The van der Waals surface area contributed by atoms with E-state index in [4.69, 9.17) is 9.52 Å². The fraction of sp³-hybridized carbons (Fsp3) is 0.381. The third-order valence-corrected chi connectivity index (χ3v) is 4.47. The zero-order chi connectivity index (χ0) is 21.0. The highest BCUT2D eigenvalue weighted by atomic mass is 16.4. The quantitative estimate of drug-likeness (QED) is 0.762. The topological polar surface area (TPSA) is 99.9 Å². The number of amides is 2. The molecule has 1 aromatic heterocycles. The maximum atomic E-state index is 12.9. The number of likely N-dealkylation sites (N-methyl/N-ethyl adjacent to an activating group) is 1. The Bertz CT molecular complexity index is 885. The first kappa shape index (κ1) is 21.2. The van der Waals surface area contributed by atoms with Gasteiger partial charge in [0.1, 0.15) is 23.1 Å². The number of carbonyl (C=O) groups is 3. The maximum Gasteiger partial charge on any atom is 0.339 e. The van der Waals surface area contributed by atoms with Crippen molar-refractivity contribution < 1.29 is 23.9 Å². The van der Waals surface area contributed by atoms with Crippen LogP contribution in [-0.4, -0.2) is 40.9 Å². The van der Waals surface area contributed by atoms with E-state index in [-0.39, 0.29) is 35.6 Å². The van der Waals surface area contributed by atoms with Crippen LogP contribution in [0.15, 0.2) is 34.7 Å². The van der Waals surface area contributed by atoms with Crippen LogP contribution in [0, 0.1) is 19.8 Å². The SMILES string of the molecule is Cc1cccc(C(=O)NC(C(=O)N(C)Cc2cc(C(=O)O)c(C)o2)C(C)C)c1. The van der Waals surface area contributed by atoms with Gasteiger partial charge in [-0.1, -0.05) is 31.5 Å². The fourth-order valence-corrected chi connectivity index (χ4v) is 2.91. The molecular weight excluding hydrogens is 360 g/mol. The first-order valence-corrected chi connectivity index (χ1v) is 9.05. The number of aromatic carboxylic acids is 1. The van der Waals surface area contributed by atoms with E-state index in [1.165, 1.54) is 11.0 Å². The van der Waals surface area contributed by atoms with E-state index >= 15 is 0 Å². The monoisotopic (exact) mass is 386 g/mol. The van der Waals surface area contributed by atoms with E-state index in [0.29, 0.717) is 11.3 Å². The molecule has 0 aliphatic carbocycles. The van der Waals surface area contributed by atoms with Crippen molar-refractivity contribution in [2.45, 2.75) is 40.3 Å². The summed E-state index contributed by atoms with van der Waals surface area (Å²) in [7, 11) is 1.59. The molecule has 7 heteroatoms. The van der Waals surface area contributed by atoms with E-state index < -0.39 is 12.0 Å². The first-order chi connectivity index (χ1) is 13.1. The van der Waals surface area contributed by atoms with Crippen molar-refractivity contribution in [3.8, 4) is 0 Å². The van der Waals surface area contributed by atoms with E-state index in [1.54, 1.807) is 32.2 Å². The number of aryl methyl sites for hydroxylation is 2. The van der Waals surface area contributed by atoms with Gasteiger partial charge in [0.25, 0.3) is 5.91 Å². The second-order valence-electron chi connectivity index (χ2n) is 7.25. The van der Waals surface area contributed by atoms with Gasteiger partial charge in [-0.3, -0.25) is 9.59 Å². The molecule has 28 heavy (non-hydrogen) atoms. The molecule has 2 aromatic rings. The van der Waals surface area contributed by atoms with Gasteiger partial charge < -0.3 is 19.7 Å². The molecule has 0 aliphatic rings. The second-order valence-corrected chi connectivity index (χ2v) is 7.25. The minimum Gasteiger partial charge on any atom is -0.478 e. The molecule has 2 amide bonds. The molecule has 7 nitrogen and oxygen atoms in total. The minimum atomic E-state index is -1.08. The lowest BCUT2D eigenvalue weighted by atomic mass is 10.0. The van der Waals surface area contributed by atoms with Crippen LogP contribution in [0.25, 0.3) is 0 Å². The molecule has 1 unspecified atom stereocenters. The number of carboxylic acids is 1. The van der Waals surface area contributed by atoms with E-state index in [1.807, 2.05) is 26.8 Å². The van der Waals surface area contributed by atoms with E-state index in [0.717, 1.165) is 5.56 Å². The molecule has 1 aromatic carbocycles. The predicted octanol–water partition coefficient (Wildman–Crippen LogP) is 3.01. The summed E-state index contributed by atoms with van der Waals surface area (Å²) in [5.74, 6) is -1.13. The highest BCUT2D eigenvalue weighted by Gasteiger charge is 2.28. The van der Waals surface area contributed by atoms with Crippen LogP contribution in [0.3, 0.4) is 0 Å². The lowest BCUT2D eigenvalue weighted by Gasteiger charge is -2.26. The summed E-state index contributed by atoms with van der Waals surface area (Å²) in [4.78, 5) is 38.0. The summed E-state index contributed by atoms with van der Waals surface area (Å²) in [5.41, 5.74) is 1.53. The molecule has 0 aliphatic heterocycles. The molecule has 1 atom stereocenters. The Morgan fingerprint density at radius 3 is 2.39 bits per heavy atom. The Labute approximate surface area is 164 Å². The second kappa shape index (κ2) is 8.73. The molecule has 0 bridgehead atoms. The molecule has 0 fully saturated rings. The number of nitrogens with one attached hydrogen (secondary N) is 1. The van der Waals surface area contributed by atoms with Crippen molar-refractivity contribution in [1.82, 2.24) is 10.2 Å². The third kappa shape index (κ3) is 5.00. The number of hydrogen-bond donors (Lipinski definition) is 2. The molecule has 2 N–H and O–H groups in total. The van der Waals surface area contributed by atoms with E-state index in [2.05, 4.69) is 5.32 Å². The van der Waals surface area contributed by atoms with Gasteiger partial charge in [0.05, 0.1) is 6.54 Å². The summed E-state index contributed by atoms with van der Waals surface area (Å²) < 4.78 is 5.44. The molecule has 150 valence electrons. The highest BCUT2D eigenvalue weighted by Crippen LogP contribution is 2.17. The van der Waals surface area contributed by atoms with Gasteiger partial charge in [0.2, 0.25) is 5.91 Å². The number of carboxylic acid groups (broad SMARTS) is 1. The van der Waals surface area contributed by atoms with Gasteiger partial charge in [-0.25, -0.2) is 4.79 Å². The van der Waals surface area contributed by atoms with Gasteiger partial charge in [0, 0.05) is 12.6 Å². The van der Waals surface area contributed by atoms with Crippen LogP contribution in [0.1, 0.15) is 51.6 Å². The van der Waals surface area contributed by atoms with Gasteiger partial charge in [-0.2, -0.15) is 0 Å². The summed E-state index contributed by atoms with van der Waals surface area (Å²) >= 11 is 0. The minimum absolute atomic E-state index is 0.0732. The van der Waals surface area contributed by atoms with Crippen LogP contribution >= 0.6 is 0 Å². The zero-order valence-electron chi connectivity index (χ0n) is 16.8. The normalized spacial score (nSPS) is 11.9. The fourth-order valence-electron chi connectivity index (χ4n) is 2.91. The summed E-state index contributed by atoms with van der Waals surface area (Å²) in [5, 5.41) is 11.9. The van der Waals surface area contributed by atoms with Crippen LogP contribution in [-0.2, 0) is 11.3 Å². The predicted molar refractivity (Wildman–Crippen MR) is 104 cm³/mol. The Morgan fingerprint density at radius 2 is 1.86 bits per heavy atom. The third-order valence-electron chi connectivity index (χ3n) is 4.47. The van der Waals surface area contributed by atoms with Crippen molar-refractivity contribution in [3.63, 3.8) is 0 Å². The molecule has 0 radical (unpaired) electrons. The van der Waals surface area contributed by atoms with Crippen LogP contribution in [0.4, 0.5) is 0 Å². The molecule has 1 heterocycles. The van der Waals surface area contributed by atoms with E-state index in [9.17, 15) is 14.4 Å². The molecule has 0 saturated carbocycles. The van der Waals surface area contributed by atoms with Gasteiger partial charge in [0.15, 0.2) is 0 Å². The summed E-state index contributed by atoms with van der Waals surface area (Å²) in [6, 6.07) is 7.85. The van der Waals surface area contributed by atoms with Crippen LogP contribution in [0.2, 0.25) is 0 Å². The van der Waals surface area contributed by atoms with Crippen molar-refractivity contribution in [2.75, 3.05) is 7.05 Å². The van der Waals surface area contributed by atoms with Gasteiger partial charge >= 0.3 is 5.97 Å². The Balaban J connectivity index is 2.12. The Kier molecular flexibility index (Phi) is 6.62. The summed E-state index contributed by atoms with van der Waals surface area (Å²) in [6.07, 6.45) is 0. The Hall–Kier alpha value is -3.09.